The van der Waals surface area contributed by atoms with Crippen LogP contribution in [-0.4, -0.2) is 11.2 Å². The Morgan fingerprint density at radius 3 is 2.45 bits per heavy atom. The molecule has 1 saturated carbocycles. The summed E-state index contributed by atoms with van der Waals surface area (Å²) in [6.07, 6.45) is 3.49. The van der Waals surface area contributed by atoms with Gasteiger partial charge in [-0.1, -0.05) is 27.2 Å². The lowest BCUT2D eigenvalue weighted by Gasteiger charge is -2.11. The van der Waals surface area contributed by atoms with Crippen molar-refractivity contribution in [3.05, 3.63) is 0 Å². The van der Waals surface area contributed by atoms with Gasteiger partial charge in [-0.05, 0) is 30.6 Å². The summed E-state index contributed by atoms with van der Waals surface area (Å²) in [5, 5.41) is 9.66. The van der Waals surface area contributed by atoms with Crippen molar-refractivity contribution in [1.82, 2.24) is 0 Å². The van der Waals surface area contributed by atoms with E-state index in [0.29, 0.717) is 11.8 Å². The molecule has 0 saturated heterocycles. The maximum Gasteiger partial charge on any atom is 0.0573 e. The van der Waals surface area contributed by atoms with Crippen LogP contribution in [0.15, 0.2) is 0 Å². The average Bonchev–Trinajstić information content (AvgIpc) is 2.63. The molecule has 0 radical (unpaired) electrons. The van der Waals surface area contributed by atoms with E-state index < -0.39 is 0 Å². The summed E-state index contributed by atoms with van der Waals surface area (Å²) in [5.74, 6) is 2.12. The molecular weight excluding hydrogens is 136 g/mol. The highest BCUT2D eigenvalue weighted by Gasteiger charge is 2.40. The summed E-state index contributed by atoms with van der Waals surface area (Å²) in [6.45, 7) is 6.56. The Morgan fingerprint density at radius 2 is 2.09 bits per heavy atom. The van der Waals surface area contributed by atoms with Gasteiger partial charge < -0.3 is 5.11 Å². The zero-order valence-electron chi connectivity index (χ0n) is 7.88. The van der Waals surface area contributed by atoms with E-state index in [4.69, 9.17) is 0 Å². The van der Waals surface area contributed by atoms with Gasteiger partial charge in [-0.15, -0.1) is 0 Å². The highest BCUT2D eigenvalue weighted by atomic mass is 16.3. The molecule has 0 aromatic carbocycles. The fourth-order valence-electron chi connectivity index (χ4n) is 1.87. The molecule has 66 valence electrons. The molecule has 0 bridgehead atoms. The van der Waals surface area contributed by atoms with Crippen LogP contribution in [0.3, 0.4) is 0 Å². The molecule has 1 N–H and O–H groups in total. The molecule has 1 aliphatic rings. The van der Waals surface area contributed by atoms with Crippen molar-refractivity contribution in [3.63, 3.8) is 0 Å². The van der Waals surface area contributed by atoms with Crippen molar-refractivity contribution >= 4 is 0 Å². The number of aliphatic hydroxyl groups is 1. The molecule has 11 heavy (non-hydrogen) atoms. The fourth-order valence-corrected chi connectivity index (χ4v) is 1.87. The predicted octanol–water partition coefficient (Wildman–Crippen LogP) is 2.44. The minimum Gasteiger partial charge on any atom is -0.393 e. The Labute approximate surface area is 69.8 Å². The summed E-state index contributed by atoms with van der Waals surface area (Å²) in [5.41, 5.74) is 0. The monoisotopic (exact) mass is 156 g/mol. The maximum atomic E-state index is 9.66. The predicted molar refractivity (Wildman–Crippen MR) is 47.3 cm³/mol. The molecule has 1 fully saturated rings. The van der Waals surface area contributed by atoms with Crippen LogP contribution in [0.4, 0.5) is 0 Å². The van der Waals surface area contributed by atoms with Crippen LogP contribution in [0.1, 0.15) is 40.0 Å². The van der Waals surface area contributed by atoms with Gasteiger partial charge in [-0.3, -0.25) is 0 Å². The van der Waals surface area contributed by atoms with Crippen molar-refractivity contribution in [2.75, 3.05) is 0 Å². The van der Waals surface area contributed by atoms with Crippen LogP contribution in [0.25, 0.3) is 0 Å². The Bertz CT molecular complexity index is 120. The lowest BCUT2D eigenvalue weighted by molar-refractivity contribution is 0.120. The zero-order valence-corrected chi connectivity index (χ0v) is 7.88. The van der Waals surface area contributed by atoms with Gasteiger partial charge in [-0.25, -0.2) is 0 Å². The first-order valence-corrected chi connectivity index (χ1v) is 4.83. The first-order chi connectivity index (χ1) is 5.15. The summed E-state index contributed by atoms with van der Waals surface area (Å²) in [4.78, 5) is 0. The summed E-state index contributed by atoms with van der Waals surface area (Å²) < 4.78 is 0. The van der Waals surface area contributed by atoms with E-state index in [1.54, 1.807) is 0 Å². The molecule has 1 aliphatic carbocycles. The summed E-state index contributed by atoms with van der Waals surface area (Å²) in [6, 6.07) is 0. The van der Waals surface area contributed by atoms with E-state index in [-0.39, 0.29) is 6.10 Å². The highest BCUT2D eigenvalue weighted by Crippen LogP contribution is 2.44. The molecule has 0 aromatic rings. The van der Waals surface area contributed by atoms with E-state index in [0.717, 1.165) is 12.3 Å². The third-order valence-electron chi connectivity index (χ3n) is 2.71. The highest BCUT2D eigenvalue weighted by molar-refractivity contribution is 4.90. The fraction of sp³-hybridized carbons (Fsp3) is 1.00. The molecule has 0 heterocycles. The number of hydrogen-bond donors (Lipinski definition) is 1. The van der Waals surface area contributed by atoms with Crippen LogP contribution in [0, 0.1) is 17.8 Å². The molecule has 1 heteroatoms. The van der Waals surface area contributed by atoms with Crippen LogP contribution in [-0.2, 0) is 0 Å². The van der Waals surface area contributed by atoms with Gasteiger partial charge >= 0.3 is 0 Å². The quantitative estimate of drug-likeness (QED) is 0.663. The molecular formula is C10H20O. The molecule has 1 unspecified atom stereocenters. The molecule has 1 rings (SSSR count). The largest absolute Gasteiger partial charge is 0.393 e. The average molecular weight is 156 g/mol. The van der Waals surface area contributed by atoms with E-state index in [1.807, 2.05) is 0 Å². The van der Waals surface area contributed by atoms with Gasteiger partial charge in [0.1, 0.15) is 0 Å². The lowest BCUT2D eigenvalue weighted by Crippen LogP contribution is -2.13. The van der Waals surface area contributed by atoms with Crippen molar-refractivity contribution in [2.24, 2.45) is 17.8 Å². The second-order valence-corrected chi connectivity index (χ2v) is 4.26. The maximum absolute atomic E-state index is 9.66. The van der Waals surface area contributed by atoms with Crippen molar-refractivity contribution < 1.29 is 5.11 Å². The Balaban J connectivity index is 2.17. The standard InChI is InChI=1S/C10H20O/c1-4-8-6-9(8)10(11)5-7(2)3/h7-11H,4-6H2,1-3H3/t8-,9-,10?/m1/s1. The minimum atomic E-state index is -0.0139. The van der Waals surface area contributed by atoms with E-state index in [9.17, 15) is 5.11 Å². The van der Waals surface area contributed by atoms with Gasteiger partial charge in [-0.2, -0.15) is 0 Å². The smallest absolute Gasteiger partial charge is 0.0573 e. The van der Waals surface area contributed by atoms with Crippen LogP contribution < -0.4 is 0 Å². The second-order valence-electron chi connectivity index (χ2n) is 4.26. The van der Waals surface area contributed by atoms with Gasteiger partial charge in [0, 0.05) is 0 Å². The molecule has 3 atom stereocenters. The third kappa shape index (κ3) is 2.48. The lowest BCUT2D eigenvalue weighted by atomic mass is 10.0. The zero-order chi connectivity index (χ0) is 8.43. The topological polar surface area (TPSA) is 20.2 Å². The molecule has 0 aliphatic heterocycles. The molecule has 0 aromatic heterocycles. The minimum absolute atomic E-state index is 0.0139. The van der Waals surface area contributed by atoms with Gasteiger partial charge in [0.15, 0.2) is 0 Å². The van der Waals surface area contributed by atoms with E-state index in [1.165, 1.54) is 12.8 Å². The Morgan fingerprint density at radius 1 is 1.45 bits per heavy atom. The SMILES string of the molecule is CC[C@@H]1C[C@H]1C(O)CC(C)C. The number of aliphatic hydroxyl groups excluding tert-OH is 1. The van der Waals surface area contributed by atoms with Crippen molar-refractivity contribution in [3.8, 4) is 0 Å². The van der Waals surface area contributed by atoms with Crippen LogP contribution in [0.5, 0.6) is 0 Å². The van der Waals surface area contributed by atoms with Crippen LogP contribution in [0.2, 0.25) is 0 Å². The summed E-state index contributed by atoms with van der Waals surface area (Å²) in [7, 11) is 0. The second kappa shape index (κ2) is 3.57. The summed E-state index contributed by atoms with van der Waals surface area (Å²) >= 11 is 0. The first kappa shape index (κ1) is 9.05. The van der Waals surface area contributed by atoms with Gasteiger partial charge in [0.2, 0.25) is 0 Å². The van der Waals surface area contributed by atoms with Crippen molar-refractivity contribution in [1.29, 1.82) is 0 Å². The molecule has 0 amide bonds. The normalized spacial score (nSPS) is 32.5. The molecule has 1 nitrogen and oxygen atoms in total. The van der Waals surface area contributed by atoms with Gasteiger partial charge in [0.05, 0.1) is 6.10 Å². The third-order valence-corrected chi connectivity index (χ3v) is 2.71. The van der Waals surface area contributed by atoms with Crippen LogP contribution >= 0.6 is 0 Å². The first-order valence-electron chi connectivity index (χ1n) is 4.83. The van der Waals surface area contributed by atoms with E-state index in [2.05, 4.69) is 20.8 Å². The molecule has 0 spiro atoms. The van der Waals surface area contributed by atoms with E-state index >= 15 is 0 Å². The Hall–Kier alpha value is -0.0400. The number of hydrogen-bond acceptors (Lipinski definition) is 1. The number of rotatable bonds is 4. The van der Waals surface area contributed by atoms with Gasteiger partial charge in [0.25, 0.3) is 0 Å². The Kier molecular flexibility index (Phi) is 2.94. The van der Waals surface area contributed by atoms with Crippen molar-refractivity contribution in [2.45, 2.75) is 46.1 Å².